The molecule has 0 aromatic heterocycles. The topological polar surface area (TPSA) is 105 Å². The van der Waals surface area contributed by atoms with Gasteiger partial charge in [-0.25, -0.2) is 9.59 Å². The maximum absolute atomic E-state index is 9.10. The number of ether oxygens (including phenoxy) is 2. The first-order chi connectivity index (χ1) is 12.5. The van der Waals surface area contributed by atoms with Crippen molar-refractivity contribution in [3.63, 3.8) is 0 Å². The highest BCUT2D eigenvalue weighted by molar-refractivity contribution is 6.27. The van der Waals surface area contributed by atoms with Crippen molar-refractivity contribution in [2.45, 2.75) is 25.6 Å². The minimum atomic E-state index is -1.82. The summed E-state index contributed by atoms with van der Waals surface area (Å²) >= 11 is 0. The predicted molar refractivity (Wildman–Crippen MR) is 94.4 cm³/mol. The molecule has 2 atom stereocenters. The third-order valence-electron chi connectivity index (χ3n) is 3.74. The highest BCUT2D eigenvalue weighted by Gasteiger charge is 2.25. The fourth-order valence-corrected chi connectivity index (χ4v) is 2.29. The van der Waals surface area contributed by atoms with Gasteiger partial charge in [0.2, 0.25) is 0 Å². The van der Waals surface area contributed by atoms with Crippen LogP contribution in [0.25, 0.3) is 0 Å². The molecular formula is C19H21NO6. The molecule has 138 valence electrons. The van der Waals surface area contributed by atoms with Gasteiger partial charge >= 0.3 is 11.9 Å². The SMILES string of the molecule is CC(NCc1ccccc1)C1COc2ccccc2O1.O=C(O)C(=O)O. The third kappa shape index (κ3) is 5.78. The van der Waals surface area contributed by atoms with Gasteiger partial charge in [-0.1, -0.05) is 42.5 Å². The van der Waals surface area contributed by atoms with Gasteiger partial charge in [0.1, 0.15) is 12.7 Å². The minimum absolute atomic E-state index is 0.0358. The number of benzene rings is 2. The highest BCUT2D eigenvalue weighted by atomic mass is 16.6. The third-order valence-corrected chi connectivity index (χ3v) is 3.74. The van der Waals surface area contributed by atoms with Crippen LogP contribution in [0.5, 0.6) is 11.5 Å². The summed E-state index contributed by atoms with van der Waals surface area (Å²) < 4.78 is 11.7. The van der Waals surface area contributed by atoms with E-state index in [1.54, 1.807) is 0 Å². The van der Waals surface area contributed by atoms with Crippen LogP contribution in [0.15, 0.2) is 54.6 Å². The van der Waals surface area contributed by atoms with Crippen molar-refractivity contribution in [2.24, 2.45) is 0 Å². The molecule has 0 saturated carbocycles. The molecule has 1 aliphatic rings. The van der Waals surface area contributed by atoms with E-state index in [0.29, 0.717) is 6.61 Å². The summed E-state index contributed by atoms with van der Waals surface area (Å²) in [5, 5.41) is 18.3. The number of carboxylic acid groups (broad SMARTS) is 2. The maximum Gasteiger partial charge on any atom is 0.414 e. The summed E-state index contributed by atoms with van der Waals surface area (Å²) in [4.78, 5) is 18.2. The molecule has 3 rings (SSSR count). The molecule has 26 heavy (non-hydrogen) atoms. The molecule has 0 aliphatic carbocycles. The van der Waals surface area contributed by atoms with Crippen LogP contribution in [0.1, 0.15) is 12.5 Å². The van der Waals surface area contributed by atoms with Gasteiger partial charge < -0.3 is 25.0 Å². The maximum atomic E-state index is 9.10. The quantitative estimate of drug-likeness (QED) is 0.719. The van der Waals surface area contributed by atoms with E-state index in [1.807, 2.05) is 30.3 Å². The summed E-state index contributed by atoms with van der Waals surface area (Å²) in [5.41, 5.74) is 1.27. The Morgan fingerprint density at radius 2 is 1.62 bits per heavy atom. The van der Waals surface area contributed by atoms with E-state index < -0.39 is 11.9 Å². The average molecular weight is 359 g/mol. The van der Waals surface area contributed by atoms with Crippen molar-refractivity contribution in [2.75, 3.05) is 6.61 Å². The summed E-state index contributed by atoms with van der Waals surface area (Å²) in [6, 6.07) is 18.4. The second kappa shape index (κ2) is 9.43. The van der Waals surface area contributed by atoms with Crippen LogP contribution < -0.4 is 14.8 Å². The smallest absolute Gasteiger partial charge is 0.414 e. The molecule has 0 spiro atoms. The van der Waals surface area contributed by atoms with Crippen LogP contribution in [0.2, 0.25) is 0 Å². The Kier molecular flexibility index (Phi) is 6.99. The Labute approximate surface area is 151 Å². The fraction of sp³-hybridized carbons (Fsp3) is 0.263. The van der Waals surface area contributed by atoms with Crippen LogP contribution in [-0.4, -0.2) is 40.9 Å². The largest absolute Gasteiger partial charge is 0.486 e. The number of carbonyl (C=O) groups is 2. The molecule has 7 heteroatoms. The number of para-hydroxylation sites is 2. The minimum Gasteiger partial charge on any atom is -0.486 e. The Morgan fingerprint density at radius 1 is 1.04 bits per heavy atom. The fourth-order valence-electron chi connectivity index (χ4n) is 2.29. The van der Waals surface area contributed by atoms with Crippen LogP contribution in [0.3, 0.4) is 0 Å². The number of rotatable bonds is 4. The highest BCUT2D eigenvalue weighted by Crippen LogP contribution is 2.31. The lowest BCUT2D eigenvalue weighted by Gasteiger charge is -2.31. The van der Waals surface area contributed by atoms with Gasteiger partial charge in [-0.15, -0.1) is 0 Å². The number of hydrogen-bond acceptors (Lipinski definition) is 5. The van der Waals surface area contributed by atoms with Crippen molar-refractivity contribution < 1.29 is 29.3 Å². The molecule has 1 aliphatic heterocycles. The second-order valence-corrected chi connectivity index (χ2v) is 5.68. The standard InChI is InChI=1S/C17H19NO2.C2H2O4/c1-13(18-11-14-7-3-2-4-8-14)17-12-19-15-9-5-6-10-16(15)20-17;3-1(4)2(5)6/h2-10,13,17-18H,11-12H2,1H3;(H,3,4)(H,5,6). The van der Waals surface area contributed by atoms with Gasteiger partial charge in [0.25, 0.3) is 0 Å². The molecule has 2 aromatic carbocycles. The van der Waals surface area contributed by atoms with E-state index >= 15 is 0 Å². The molecule has 0 bridgehead atoms. The molecule has 0 radical (unpaired) electrons. The van der Waals surface area contributed by atoms with Crippen LogP contribution >= 0.6 is 0 Å². The van der Waals surface area contributed by atoms with Crippen molar-refractivity contribution in [3.8, 4) is 11.5 Å². The van der Waals surface area contributed by atoms with Gasteiger partial charge in [-0.05, 0) is 24.6 Å². The zero-order valence-corrected chi connectivity index (χ0v) is 14.3. The Bertz CT molecular complexity index is 722. The number of aliphatic carboxylic acids is 2. The Hall–Kier alpha value is -3.06. The van der Waals surface area contributed by atoms with Gasteiger partial charge in [-0.3, -0.25) is 0 Å². The lowest BCUT2D eigenvalue weighted by Crippen LogP contribution is -2.45. The predicted octanol–water partition coefficient (Wildman–Crippen LogP) is 2.16. The number of carboxylic acids is 2. The zero-order chi connectivity index (χ0) is 18.9. The molecule has 3 N–H and O–H groups in total. The number of nitrogens with one attached hydrogen (secondary N) is 1. The normalized spacial score (nSPS) is 16.0. The monoisotopic (exact) mass is 359 g/mol. The number of fused-ring (bicyclic) bond motifs is 1. The summed E-state index contributed by atoms with van der Waals surface area (Å²) in [6.45, 7) is 3.55. The van der Waals surface area contributed by atoms with E-state index in [1.165, 1.54) is 5.56 Å². The van der Waals surface area contributed by atoms with Crippen molar-refractivity contribution in [1.29, 1.82) is 0 Å². The first kappa shape index (κ1) is 19.3. The van der Waals surface area contributed by atoms with Crippen molar-refractivity contribution >= 4 is 11.9 Å². The van der Waals surface area contributed by atoms with E-state index in [0.717, 1.165) is 18.0 Å². The van der Waals surface area contributed by atoms with E-state index in [2.05, 4.69) is 36.5 Å². The molecule has 0 saturated heterocycles. The summed E-state index contributed by atoms with van der Waals surface area (Å²) in [6.07, 6.45) is 0.0358. The second-order valence-electron chi connectivity index (χ2n) is 5.68. The first-order valence-electron chi connectivity index (χ1n) is 8.09. The van der Waals surface area contributed by atoms with E-state index in [4.69, 9.17) is 29.3 Å². The van der Waals surface area contributed by atoms with Crippen LogP contribution in [-0.2, 0) is 16.1 Å². The number of hydrogen-bond donors (Lipinski definition) is 3. The first-order valence-corrected chi connectivity index (χ1v) is 8.09. The molecule has 2 unspecified atom stereocenters. The van der Waals surface area contributed by atoms with Crippen molar-refractivity contribution in [3.05, 3.63) is 60.2 Å². The Balaban J connectivity index is 0.000000352. The molecular weight excluding hydrogens is 338 g/mol. The van der Waals surface area contributed by atoms with Gasteiger partial charge in [0.05, 0.1) is 0 Å². The lowest BCUT2D eigenvalue weighted by atomic mass is 10.1. The van der Waals surface area contributed by atoms with Crippen LogP contribution in [0, 0.1) is 0 Å². The van der Waals surface area contributed by atoms with E-state index in [9.17, 15) is 0 Å². The van der Waals surface area contributed by atoms with E-state index in [-0.39, 0.29) is 12.1 Å². The molecule has 7 nitrogen and oxygen atoms in total. The molecule has 2 aromatic rings. The Morgan fingerprint density at radius 3 is 2.23 bits per heavy atom. The summed E-state index contributed by atoms with van der Waals surface area (Å²) in [7, 11) is 0. The van der Waals surface area contributed by atoms with Crippen LogP contribution in [0.4, 0.5) is 0 Å². The van der Waals surface area contributed by atoms with Gasteiger partial charge in [0.15, 0.2) is 11.5 Å². The molecule has 1 heterocycles. The summed E-state index contributed by atoms with van der Waals surface area (Å²) in [5.74, 6) is -1.99. The van der Waals surface area contributed by atoms with Gasteiger partial charge in [0, 0.05) is 12.6 Å². The van der Waals surface area contributed by atoms with Crippen molar-refractivity contribution in [1.82, 2.24) is 5.32 Å². The molecule has 0 amide bonds. The average Bonchev–Trinajstić information content (AvgIpc) is 2.67. The zero-order valence-electron chi connectivity index (χ0n) is 14.3. The lowest BCUT2D eigenvalue weighted by molar-refractivity contribution is -0.159. The van der Waals surface area contributed by atoms with Gasteiger partial charge in [-0.2, -0.15) is 0 Å². The molecule has 0 fully saturated rings.